The van der Waals surface area contributed by atoms with Gasteiger partial charge in [-0.05, 0) is 32.0 Å². The molecule has 1 amide bonds. The molecule has 6 nitrogen and oxygen atoms in total. The second kappa shape index (κ2) is 5.01. The number of nitrogens with two attached hydrogens (primary N) is 2. The molecular weight excluding hydrogens is 244 g/mol. The lowest BCUT2D eigenvalue weighted by Crippen LogP contribution is -2.12. The average Bonchev–Trinajstić information content (AvgIpc) is 2.80. The molecule has 0 aliphatic rings. The number of rotatable bonds is 4. The van der Waals surface area contributed by atoms with Gasteiger partial charge in [-0.3, -0.25) is 9.48 Å². The molecule has 1 aromatic carbocycles. The first kappa shape index (κ1) is 12.9. The van der Waals surface area contributed by atoms with Gasteiger partial charge in [-0.15, -0.1) is 0 Å². The van der Waals surface area contributed by atoms with Gasteiger partial charge in [0.25, 0.3) is 5.91 Å². The average molecular weight is 260 g/mol. The Kier molecular flexibility index (Phi) is 3.41. The van der Waals surface area contributed by atoms with Crippen molar-refractivity contribution in [3.8, 4) is 11.5 Å². The van der Waals surface area contributed by atoms with E-state index in [0.717, 1.165) is 0 Å². The summed E-state index contributed by atoms with van der Waals surface area (Å²) < 4.78 is 7.38. The first-order chi connectivity index (χ1) is 8.97. The van der Waals surface area contributed by atoms with Crippen molar-refractivity contribution in [2.45, 2.75) is 19.9 Å². The van der Waals surface area contributed by atoms with Crippen LogP contribution >= 0.6 is 0 Å². The Balaban J connectivity index is 2.29. The van der Waals surface area contributed by atoms with Crippen molar-refractivity contribution in [2.75, 3.05) is 5.73 Å². The summed E-state index contributed by atoms with van der Waals surface area (Å²) in [5.41, 5.74) is 11.6. The molecule has 1 aromatic heterocycles. The van der Waals surface area contributed by atoms with Crippen LogP contribution in [-0.4, -0.2) is 15.7 Å². The van der Waals surface area contributed by atoms with Crippen LogP contribution in [0.15, 0.2) is 30.6 Å². The number of amides is 1. The zero-order valence-corrected chi connectivity index (χ0v) is 10.8. The van der Waals surface area contributed by atoms with Crippen LogP contribution in [0.5, 0.6) is 11.5 Å². The van der Waals surface area contributed by atoms with E-state index < -0.39 is 5.91 Å². The van der Waals surface area contributed by atoms with Gasteiger partial charge in [-0.2, -0.15) is 5.10 Å². The lowest BCUT2D eigenvalue weighted by molar-refractivity contribution is 0.0998. The molecule has 0 spiro atoms. The number of aromatic nitrogens is 2. The third kappa shape index (κ3) is 2.85. The Morgan fingerprint density at radius 2 is 2.16 bits per heavy atom. The maximum absolute atomic E-state index is 11.3. The Labute approximate surface area is 111 Å². The van der Waals surface area contributed by atoms with Crippen molar-refractivity contribution in [2.24, 2.45) is 5.73 Å². The van der Waals surface area contributed by atoms with Gasteiger partial charge >= 0.3 is 0 Å². The number of nitrogen functional groups attached to an aromatic ring is 1. The monoisotopic (exact) mass is 260 g/mol. The standard InChI is InChI=1S/C13H16N4O2/c1-8(2)17-7-10(6-16-17)19-12-4-3-9(14)5-11(12)13(15)18/h3-8H,14H2,1-2H3,(H2,15,18). The molecule has 4 N–H and O–H groups in total. The van der Waals surface area contributed by atoms with Crippen LogP contribution in [0, 0.1) is 0 Å². The molecule has 0 aliphatic carbocycles. The number of hydrogen-bond donors (Lipinski definition) is 2. The molecule has 0 fully saturated rings. The summed E-state index contributed by atoms with van der Waals surface area (Å²) in [7, 11) is 0. The molecule has 0 atom stereocenters. The normalized spacial score (nSPS) is 10.7. The molecule has 100 valence electrons. The van der Waals surface area contributed by atoms with Crippen molar-refractivity contribution >= 4 is 11.6 Å². The van der Waals surface area contributed by atoms with E-state index in [1.165, 1.54) is 6.07 Å². The van der Waals surface area contributed by atoms with Crippen LogP contribution in [0.3, 0.4) is 0 Å². The lowest BCUT2D eigenvalue weighted by atomic mass is 10.1. The Morgan fingerprint density at radius 1 is 1.42 bits per heavy atom. The van der Waals surface area contributed by atoms with Crippen molar-refractivity contribution in [3.63, 3.8) is 0 Å². The van der Waals surface area contributed by atoms with Gasteiger partial charge in [0, 0.05) is 11.7 Å². The molecule has 0 unspecified atom stereocenters. The number of ether oxygens (including phenoxy) is 1. The highest BCUT2D eigenvalue weighted by Crippen LogP contribution is 2.27. The molecule has 0 saturated carbocycles. The highest BCUT2D eigenvalue weighted by atomic mass is 16.5. The summed E-state index contributed by atoms with van der Waals surface area (Å²) in [4.78, 5) is 11.3. The number of hydrogen-bond acceptors (Lipinski definition) is 4. The van der Waals surface area contributed by atoms with Crippen molar-refractivity contribution < 1.29 is 9.53 Å². The lowest BCUT2D eigenvalue weighted by Gasteiger charge is -2.08. The van der Waals surface area contributed by atoms with E-state index in [-0.39, 0.29) is 11.6 Å². The summed E-state index contributed by atoms with van der Waals surface area (Å²) in [6.07, 6.45) is 3.34. The third-order valence-electron chi connectivity index (χ3n) is 2.60. The van der Waals surface area contributed by atoms with Crippen molar-refractivity contribution in [1.82, 2.24) is 9.78 Å². The maximum Gasteiger partial charge on any atom is 0.252 e. The SMILES string of the molecule is CC(C)n1cc(Oc2ccc(N)cc2C(N)=O)cn1. The van der Waals surface area contributed by atoms with E-state index in [0.29, 0.717) is 17.2 Å². The van der Waals surface area contributed by atoms with E-state index in [9.17, 15) is 4.79 Å². The van der Waals surface area contributed by atoms with Gasteiger partial charge in [0.2, 0.25) is 0 Å². The molecule has 1 heterocycles. The molecule has 2 rings (SSSR count). The summed E-state index contributed by atoms with van der Waals surface area (Å²) >= 11 is 0. The molecule has 19 heavy (non-hydrogen) atoms. The van der Waals surface area contributed by atoms with E-state index in [1.54, 1.807) is 29.2 Å². The van der Waals surface area contributed by atoms with Crippen molar-refractivity contribution in [3.05, 3.63) is 36.2 Å². The Hall–Kier alpha value is -2.50. The van der Waals surface area contributed by atoms with Crippen LogP contribution in [-0.2, 0) is 0 Å². The second-order valence-corrected chi connectivity index (χ2v) is 4.47. The van der Waals surface area contributed by atoms with Gasteiger partial charge < -0.3 is 16.2 Å². The molecule has 0 bridgehead atoms. The predicted octanol–water partition coefficient (Wildman–Crippen LogP) is 1.94. The summed E-state index contributed by atoms with van der Waals surface area (Å²) in [6.45, 7) is 4.02. The van der Waals surface area contributed by atoms with E-state index in [1.807, 2.05) is 13.8 Å². The fourth-order valence-electron chi connectivity index (χ4n) is 1.61. The maximum atomic E-state index is 11.3. The first-order valence-electron chi connectivity index (χ1n) is 5.88. The van der Waals surface area contributed by atoms with Crippen molar-refractivity contribution in [1.29, 1.82) is 0 Å². The van der Waals surface area contributed by atoms with Crippen LogP contribution < -0.4 is 16.2 Å². The molecule has 0 radical (unpaired) electrons. The Bertz CT molecular complexity index is 604. The quantitative estimate of drug-likeness (QED) is 0.821. The van der Waals surface area contributed by atoms with Crippen LogP contribution in [0.1, 0.15) is 30.2 Å². The minimum Gasteiger partial charge on any atom is -0.453 e. The number of carbonyl (C=O) groups is 1. The summed E-state index contributed by atoms with van der Waals surface area (Å²) in [5.74, 6) is 0.324. The topological polar surface area (TPSA) is 96.2 Å². The number of primary amides is 1. The first-order valence-corrected chi connectivity index (χ1v) is 5.88. The van der Waals surface area contributed by atoms with Gasteiger partial charge in [0.1, 0.15) is 5.75 Å². The fourth-order valence-corrected chi connectivity index (χ4v) is 1.61. The minimum atomic E-state index is -0.585. The zero-order chi connectivity index (χ0) is 14.0. The molecule has 0 aliphatic heterocycles. The zero-order valence-electron chi connectivity index (χ0n) is 10.8. The smallest absolute Gasteiger partial charge is 0.252 e. The van der Waals surface area contributed by atoms with Crippen LogP contribution in [0.4, 0.5) is 5.69 Å². The number of nitrogens with zero attached hydrogens (tertiary/aromatic N) is 2. The fraction of sp³-hybridized carbons (Fsp3) is 0.231. The highest BCUT2D eigenvalue weighted by molar-refractivity contribution is 5.96. The number of benzene rings is 1. The minimum absolute atomic E-state index is 0.236. The molecule has 6 heteroatoms. The molecule has 0 saturated heterocycles. The number of carbonyl (C=O) groups excluding carboxylic acids is 1. The third-order valence-corrected chi connectivity index (χ3v) is 2.60. The highest BCUT2D eigenvalue weighted by Gasteiger charge is 2.12. The van der Waals surface area contributed by atoms with Gasteiger partial charge in [0.05, 0.1) is 18.0 Å². The van der Waals surface area contributed by atoms with Gasteiger partial charge in [-0.25, -0.2) is 0 Å². The van der Waals surface area contributed by atoms with Gasteiger partial charge in [-0.1, -0.05) is 0 Å². The van der Waals surface area contributed by atoms with Gasteiger partial charge in [0.15, 0.2) is 5.75 Å². The van der Waals surface area contributed by atoms with E-state index in [2.05, 4.69) is 5.10 Å². The summed E-state index contributed by atoms with van der Waals surface area (Å²) in [5, 5.41) is 4.15. The van der Waals surface area contributed by atoms with Crippen LogP contribution in [0.25, 0.3) is 0 Å². The molecule has 2 aromatic rings. The van der Waals surface area contributed by atoms with E-state index in [4.69, 9.17) is 16.2 Å². The van der Waals surface area contributed by atoms with E-state index >= 15 is 0 Å². The molecular formula is C13H16N4O2. The second-order valence-electron chi connectivity index (χ2n) is 4.47. The summed E-state index contributed by atoms with van der Waals surface area (Å²) in [6, 6.07) is 4.99. The van der Waals surface area contributed by atoms with Crippen LogP contribution in [0.2, 0.25) is 0 Å². The largest absolute Gasteiger partial charge is 0.453 e. The number of anilines is 1. The Morgan fingerprint density at radius 3 is 2.74 bits per heavy atom. The predicted molar refractivity (Wildman–Crippen MR) is 72.1 cm³/mol.